The molecule has 0 unspecified atom stereocenters. The normalized spacial score (nSPS) is 12.2. The summed E-state index contributed by atoms with van der Waals surface area (Å²) in [4.78, 5) is 16.4. The summed E-state index contributed by atoms with van der Waals surface area (Å²) in [5.74, 6) is 1.70. The van der Waals surface area contributed by atoms with Gasteiger partial charge < -0.3 is 8.98 Å². The fraction of sp³-hybridized carbons (Fsp3) is 0. The smallest absolute Gasteiger partial charge is 0.238 e. The molecule has 0 bridgehead atoms. The molecule has 0 amide bonds. The van der Waals surface area contributed by atoms with E-state index in [1.165, 1.54) is 32.3 Å². The van der Waals surface area contributed by atoms with Crippen LogP contribution in [0.2, 0.25) is 0 Å². The highest BCUT2D eigenvalue weighted by molar-refractivity contribution is 6.22. The van der Waals surface area contributed by atoms with E-state index in [9.17, 15) is 0 Å². The van der Waals surface area contributed by atoms with E-state index < -0.39 is 0 Å². The molecule has 15 aromatic rings. The van der Waals surface area contributed by atoms with Crippen molar-refractivity contribution in [3.8, 4) is 34.4 Å². The fourth-order valence-electron chi connectivity index (χ4n) is 10.8. The lowest BCUT2D eigenvalue weighted by Crippen LogP contribution is -2.07. The zero-order valence-corrected chi connectivity index (χ0v) is 35.9. The number of hydrogen-bond acceptors (Lipinski definition) is 4. The summed E-state index contributed by atoms with van der Waals surface area (Å²) in [6.45, 7) is 0. The molecule has 0 aliphatic heterocycles. The van der Waals surface area contributed by atoms with Gasteiger partial charge in [0.15, 0.2) is 17.2 Å². The molecular formula is C61H35N5O. The average molecular weight is 854 g/mol. The second kappa shape index (κ2) is 13.7. The topological polar surface area (TPSA) is 61.7 Å². The minimum Gasteiger partial charge on any atom is -0.454 e. The van der Waals surface area contributed by atoms with Crippen molar-refractivity contribution in [2.24, 2.45) is 0 Å². The number of rotatable bonds is 4. The van der Waals surface area contributed by atoms with Crippen LogP contribution in [0.25, 0.3) is 143 Å². The lowest BCUT2D eigenvalue weighted by molar-refractivity contribution is 0.666. The van der Waals surface area contributed by atoms with Gasteiger partial charge in [0.2, 0.25) is 5.95 Å². The predicted molar refractivity (Wildman–Crippen MR) is 277 cm³/mol. The number of hydrogen-bond donors (Lipinski definition) is 0. The van der Waals surface area contributed by atoms with E-state index >= 15 is 0 Å². The van der Waals surface area contributed by atoms with Gasteiger partial charge in [-0.05, 0) is 97.7 Å². The molecule has 6 heteroatoms. The Labute approximate surface area is 382 Å². The zero-order valence-electron chi connectivity index (χ0n) is 35.9. The van der Waals surface area contributed by atoms with E-state index in [4.69, 9.17) is 19.4 Å². The SMILES string of the molecule is c1ccc2cc3c(cc2c1)c1cc2ccccc2cc1n3-c1cc(-c2nc(-c3cccc4ccccc34)nc(-n3c4ccccc4c4ccccc43)n2)cc2c1oc1ccc3ccccc3c12. The van der Waals surface area contributed by atoms with Gasteiger partial charge in [0, 0.05) is 43.4 Å². The van der Waals surface area contributed by atoms with Crippen LogP contribution >= 0.6 is 0 Å². The lowest BCUT2D eigenvalue weighted by atomic mass is 10.0. The Morgan fingerprint density at radius 1 is 0.328 bits per heavy atom. The van der Waals surface area contributed by atoms with Gasteiger partial charge in [0.1, 0.15) is 5.58 Å². The van der Waals surface area contributed by atoms with Crippen LogP contribution in [0, 0.1) is 0 Å². The van der Waals surface area contributed by atoms with Crippen molar-refractivity contribution in [1.82, 2.24) is 24.1 Å². The minimum absolute atomic E-state index is 0.546. The van der Waals surface area contributed by atoms with E-state index in [-0.39, 0.29) is 0 Å². The van der Waals surface area contributed by atoms with Crippen molar-refractivity contribution >= 4 is 109 Å². The van der Waals surface area contributed by atoms with Gasteiger partial charge in [-0.25, -0.2) is 4.98 Å². The van der Waals surface area contributed by atoms with Crippen molar-refractivity contribution in [1.29, 1.82) is 0 Å². The van der Waals surface area contributed by atoms with Gasteiger partial charge in [-0.3, -0.25) is 4.57 Å². The highest BCUT2D eigenvalue weighted by Gasteiger charge is 2.24. The minimum atomic E-state index is 0.546. The maximum atomic E-state index is 7.12. The Hall–Kier alpha value is -9.13. The molecule has 0 N–H and O–H groups in total. The molecule has 0 saturated heterocycles. The summed E-state index contributed by atoms with van der Waals surface area (Å²) in [6.07, 6.45) is 0. The molecular weight excluding hydrogens is 819 g/mol. The van der Waals surface area contributed by atoms with E-state index in [1.807, 2.05) is 0 Å². The zero-order chi connectivity index (χ0) is 43.7. The van der Waals surface area contributed by atoms with Gasteiger partial charge in [0.05, 0.1) is 27.8 Å². The number of benzene rings is 11. The van der Waals surface area contributed by atoms with E-state index in [0.29, 0.717) is 17.6 Å². The van der Waals surface area contributed by atoms with Crippen molar-refractivity contribution in [3.63, 3.8) is 0 Å². The summed E-state index contributed by atoms with van der Waals surface area (Å²) in [5, 5.41) is 15.8. The largest absolute Gasteiger partial charge is 0.454 e. The summed E-state index contributed by atoms with van der Waals surface area (Å²) >= 11 is 0. The maximum Gasteiger partial charge on any atom is 0.238 e. The van der Waals surface area contributed by atoms with E-state index in [0.717, 1.165) is 93.1 Å². The molecule has 0 aliphatic carbocycles. The van der Waals surface area contributed by atoms with Crippen LogP contribution < -0.4 is 0 Å². The van der Waals surface area contributed by atoms with Crippen LogP contribution in [0.1, 0.15) is 0 Å². The number of aromatic nitrogens is 5. The van der Waals surface area contributed by atoms with Gasteiger partial charge in [-0.1, -0.05) is 158 Å². The van der Waals surface area contributed by atoms with Crippen molar-refractivity contribution in [3.05, 3.63) is 212 Å². The number of fused-ring (bicyclic) bond motifs is 14. The van der Waals surface area contributed by atoms with Gasteiger partial charge in [-0.2, -0.15) is 9.97 Å². The van der Waals surface area contributed by atoms with Crippen LogP contribution in [0.5, 0.6) is 0 Å². The molecule has 4 aromatic heterocycles. The molecule has 67 heavy (non-hydrogen) atoms. The highest BCUT2D eigenvalue weighted by Crippen LogP contribution is 2.44. The van der Waals surface area contributed by atoms with Crippen molar-refractivity contribution in [2.75, 3.05) is 0 Å². The third-order valence-electron chi connectivity index (χ3n) is 13.9. The summed E-state index contributed by atoms with van der Waals surface area (Å²) < 4.78 is 11.7. The second-order valence-corrected chi connectivity index (χ2v) is 17.6. The third-order valence-corrected chi connectivity index (χ3v) is 13.9. The first-order chi connectivity index (χ1) is 33.2. The second-order valence-electron chi connectivity index (χ2n) is 17.6. The summed E-state index contributed by atoms with van der Waals surface area (Å²) in [6, 6.07) is 75.7. The van der Waals surface area contributed by atoms with Crippen LogP contribution in [0.3, 0.4) is 0 Å². The monoisotopic (exact) mass is 853 g/mol. The van der Waals surface area contributed by atoms with Gasteiger partial charge >= 0.3 is 0 Å². The first kappa shape index (κ1) is 36.2. The average Bonchev–Trinajstić information content (AvgIpc) is 4.04. The number of nitrogens with zero attached hydrogens (tertiary/aromatic N) is 5. The van der Waals surface area contributed by atoms with Crippen LogP contribution in [-0.2, 0) is 0 Å². The Morgan fingerprint density at radius 3 is 1.51 bits per heavy atom. The third kappa shape index (κ3) is 5.29. The van der Waals surface area contributed by atoms with E-state index in [2.05, 4.69) is 221 Å². The van der Waals surface area contributed by atoms with E-state index in [1.54, 1.807) is 0 Å². The molecule has 0 saturated carbocycles. The van der Waals surface area contributed by atoms with Gasteiger partial charge in [-0.15, -0.1) is 0 Å². The highest BCUT2D eigenvalue weighted by atomic mass is 16.3. The van der Waals surface area contributed by atoms with Crippen LogP contribution in [0.4, 0.5) is 0 Å². The molecule has 11 aromatic carbocycles. The molecule has 4 heterocycles. The number of furan rings is 1. The molecule has 0 radical (unpaired) electrons. The molecule has 0 atom stereocenters. The molecule has 15 rings (SSSR count). The fourth-order valence-corrected chi connectivity index (χ4v) is 10.8. The maximum absolute atomic E-state index is 7.12. The molecule has 6 nitrogen and oxygen atoms in total. The van der Waals surface area contributed by atoms with Crippen LogP contribution in [-0.4, -0.2) is 24.1 Å². The standard InChI is InChI=1S/C61H35N5O/c1-3-18-40-33-53-48(30-38(40)16-1)49-31-39-17-2-4-19-41(39)34-54(49)65(53)55-35-42(32-50-57-44-22-8-6-15-37(44)28-29-56(57)67-58(50)55)59-62-60(47-25-13-20-36-14-5-7-21-43(36)47)64-61(63-59)66-51-26-11-9-23-45(51)46-24-10-12-27-52(46)66/h1-35H. The first-order valence-corrected chi connectivity index (χ1v) is 22.7. The summed E-state index contributed by atoms with van der Waals surface area (Å²) in [5.41, 5.74) is 8.53. The predicted octanol–water partition coefficient (Wildman–Crippen LogP) is 15.9. The summed E-state index contributed by atoms with van der Waals surface area (Å²) in [7, 11) is 0. The Bertz CT molecular complexity index is 4440. The Kier molecular flexibility index (Phi) is 7.40. The molecule has 0 aliphatic rings. The van der Waals surface area contributed by atoms with Crippen molar-refractivity contribution in [2.45, 2.75) is 0 Å². The lowest BCUT2D eigenvalue weighted by Gasteiger charge is -2.14. The van der Waals surface area contributed by atoms with Crippen molar-refractivity contribution < 1.29 is 4.42 Å². The molecule has 310 valence electrons. The molecule has 0 fully saturated rings. The quantitative estimate of drug-likeness (QED) is 0.177. The Morgan fingerprint density at radius 2 is 0.851 bits per heavy atom. The molecule has 0 spiro atoms. The Balaban J connectivity index is 1.11. The van der Waals surface area contributed by atoms with Gasteiger partial charge in [0.25, 0.3) is 0 Å². The number of para-hydroxylation sites is 2. The first-order valence-electron chi connectivity index (χ1n) is 22.7. The van der Waals surface area contributed by atoms with Crippen LogP contribution in [0.15, 0.2) is 217 Å².